The maximum Gasteiger partial charge on any atom is 0.234 e. The third kappa shape index (κ3) is 5.08. The molecule has 1 amide bonds. The number of benzene rings is 2. The van der Waals surface area contributed by atoms with Gasteiger partial charge in [0, 0.05) is 11.4 Å². The summed E-state index contributed by atoms with van der Waals surface area (Å²) in [4.78, 5) is 13.0. The monoisotopic (exact) mass is 320 g/mol. The molecule has 2 aromatic carbocycles. The first-order valence-electron chi connectivity index (χ1n) is 6.60. The maximum absolute atomic E-state index is 11.9. The summed E-state index contributed by atoms with van der Waals surface area (Å²) in [6.07, 6.45) is 0. The van der Waals surface area contributed by atoms with Crippen LogP contribution in [0.25, 0.3) is 0 Å². The average molecular weight is 321 g/mol. The number of anilines is 1. The van der Waals surface area contributed by atoms with Crippen LogP contribution < -0.4 is 10.6 Å². The molecule has 0 heterocycles. The molecule has 2 aromatic rings. The van der Waals surface area contributed by atoms with E-state index in [0.717, 1.165) is 11.4 Å². The molecule has 0 radical (unpaired) electrons. The van der Waals surface area contributed by atoms with Gasteiger partial charge in [0.25, 0.3) is 0 Å². The lowest BCUT2D eigenvalue weighted by molar-refractivity contribution is -0.113. The summed E-state index contributed by atoms with van der Waals surface area (Å²) >= 11 is 7.51. The van der Waals surface area contributed by atoms with Crippen molar-refractivity contribution in [3.63, 3.8) is 0 Å². The van der Waals surface area contributed by atoms with Gasteiger partial charge in [-0.05, 0) is 36.9 Å². The van der Waals surface area contributed by atoms with Crippen LogP contribution in [0.2, 0.25) is 5.02 Å². The van der Waals surface area contributed by atoms with Crippen LogP contribution in [0.1, 0.15) is 5.56 Å². The quantitative estimate of drug-likeness (QED) is 0.796. The second-order valence-electron chi connectivity index (χ2n) is 4.49. The number of rotatable bonds is 6. The van der Waals surface area contributed by atoms with Crippen LogP contribution in [-0.2, 0) is 11.3 Å². The molecule has 0 saturated heterocycles. The van der Waals surface area contributed by atoms with E-state index in [1.54, 1.807) is 12.1 Å². The highest BCUT2D eigenvalue weighted by atomic mass is 35.5. The first-order chi connectivity index (χ1) is 10.2. The molecule has 0 aliphatic rings. The minimum Gasteiger partial charge on any atom is -0.324 e. The van der Waals surface area contributed by atoms with Gasteiger partial charge in [-0.1, -0.05) is 35.9 Å². The Hall–Kier alpha value is -1.49. The molecule has 0 aliphatic carbocycles. The normalized spacial score (nSPS) is 10.4. The summed E-state index contributed by atoms with van der Waals surface area (Å²) in [7, 11) is 1.92. The number of hydrogen-bond donors (Lipinski definition) is 2. The van der Waals surface area contributed by atoms with E-state index in [1.807, 2.05) is 31.3 Å². The number of carbonyl (C=O) groups is 1. The summed E-state index contributed by atoms with van der Waals surface area (Å²) < 4.78 is 0. The highest BCUT2D eigenvalue weighted by Gasteiger charge is 2.06. The van der Waals surface area contributed by atoms with Gasteiger partial charge >= 0.3 is 0 Å². The Labute approximate surface area is 134 Å². The smallest absolute Gasteiger partial charge is 0.234 e. The van der Waals surface area contributed by atoms with Gasteiger partial charge < -0.3 is 10.6 Å². The van der Waals surface area contributed by atoms with Crippen molar-refractivity contribution in [1.29, 1.82) is 0 Å². The molecule has 2 rings (SSSR count). The predicted octanol–water partition coefficient (Wildman–Crippen LogP) is 3.79. The SMILES string of the molecule is CNCc1ccc(SCC(=O)Nc2ccccc2Cl)cc1. The van der Waals surface area contributed by atoms with Crippen molar-refractivity contribution in [3.05, 3.63) is 59.1 Å². The summed E-state index contributed by atoms with van der Waals surface area (Å²) in [5.41, 5.74) is 1.87. The molecule has 3 nitrogen and oxygen atoms in total. The van der Waals surface area contributed by atoms with E-state index in [1.165, 1.54) is 17.3 Å². The molecule has 0 unspecified atom stereocenters. The van der Waals surface area contributed by atoms with Gasteiger partial charge in [0.15, 0.2) is 0 Å². The largest absolute Gasteiger partial charge is 0.324 e. The van der Waals surface area contributed by atoms with Crippen LogP contribution in [-0.4, -0.2) is 18.7 Å². The van der Waals surface area contributed by atoms with E-state index >= 15 is 0 Å². The van der Waals surface area contributed by atoms with Crippen LogP contribution in [0, 0.1) is 0 Å². The van der Waals surface area contributed by atoms with E-state index < -0.39 is 0 Å². The molecular formula is C16H17ClN2OS. The predicted molar refractivity (Wildman–Crippen MR) is 90.0 cm³/mol. The maximum atomic E-state index is 11.9. The number of thioether (sulfide) groups is 1. The lowest BCUT2D eigenvalue weighted by atomic mass is 10.2. The summed E-state index contributed by atoms with van der Waals surface area (Å²) in [6, 6.07) is 15.4. The van der Waals surface area contributed by atoms with Gasteiger partial charge in [-0.15, -0.1) is 11.8 Å². The fourth-order valence-corrected chi connectivity index (χ4v) is 2.69. The average Bonchev–Trinajstić information content (AvgIpc) is 2.49. The lowest BCUT2D eigenvalue weighted by Crippen LogP contribution is -2.14. The molecule has 0 aliphatic heterocycles. The Morgan fingerprint density at radius 2 is 1.86 bits per heavy atom. The Balaban J connectivity index is 1.85. The molecule has 0 aromatic heterocycles. The van der Waals surface area contributed by atoms with Crippen LogP contribution >= 0.6 is 23.4 Å². The minimum atomic E-state index is -0.0626. The topological polar surface area (TPSA) is 41.1 Å². The van der Waals surface area contributed by atoms with Gasteiger partial charge in [-0.3, -0.25) is 4.79 Å². The molecule has 0 atom stereocenters. The van der Waals surface area contributed by atoms with Crippen LogP contribution in [0.5, 0.6) is 0 Å². The number of para-hydroxylation sites is 1. The van der Waals surface area contributed by atoms with Crippen molar-refractivity contribution in [3.8, 4) is 0 Å². The minimum absolute atomic E-state index is 0.0626. The Bertz CT molecular complexity index is 601. The number of amides is 1. The molecule has 0 spiro atoms. The Morgan fingerprint density at radius 1 is 1.14 bits per heavy atom. The summed E-state index contributed by atoms with van der Waals surface area (Å²) in [5.74, 6) is 0.295. The summed E-state index contributed by atoms with van der Waals surface area (Å²) in [6.45, 7) is 0.845. The van der Waals surface area contributed by atoms with Crippen LogP contribution in [0.4, 0.5) is 5.69 Å². The molecule has 0 saturated carbocycles. The third-order valence-corrected chi connectivity index (χ3v) is 4.16. The van der Waals surface area contributed by atoms with Gasteiger partial charge in [-0.25, -0.2) is 0 Å². The van der Waals surface area contributed by atoms with Crippen molar-refractivity contribution in [2.45, 2.75) is 11.4 Å². The van der Waals surface area contributed by atoms with Crippen molar-refractivity contribution in [2.24, 2.45) is 0 Å². The van der Waals surface area contributed by atoms with Gasteiger partial charge in [-0.2, -0.15) is 0 Å². The standard InChI is InChI=1S/C16H17ClN2OS/c1-18-10-12-6-8-13(9-7-12)21-11-16(20)19-15-5-3-2-4-14(15)17/h2-9,18H,10-11H2,1H3,(H,19,20). The Morgan fingerprint density at radius 3 is 2.52 bits per heavy atom. The highest BCUT2D eigenvalue weighted by Crippen LogP contribution is 2.22. The fourth-order valence-electron chi connectivity index (χ4n) is 1.81. The molecule has 21 heavy (non-hydrogen) atoms. The van der Waals surface area contributed by atoms with Gasteiger partial charge in [0.2, 0.25) is 5.91 Å². The number of carbonyl (C=O) groups excluding carboxylic acids is 1. The zero-order chi connectivity index (χ0) is 15.1. The zero-order valence-corrected chi connectivity index (χ0v) is 13.3. The zero-order valence-electron chi connectivity index (χ0n) is 11.7. The molecular weight excluding hydrogens is 304 g/mol. The van der Waals surface area contributed by atoms with Crippen LogP contribution in [0.15, 0.2) is 53.4 Å². The van der Waals surface area contributed by atoms with Gasteiger partial charge in [0.05, 0.1) is 16.5 Å². The van der Waals surface area contributed by atoms with E-state index in [0.29, 0.717) is 16.5 Å². The van der Waals surface area contributed by atoms with Crippen molar-refractivity contribution in [2.75, 3.05) is 18.1 Å². The van der Waals surface area contributed by atoms with Gasteiger partial charge in [0.1, 0.15) is 0 Å². The van der Waals surface area contributed by atoms with Crippen molar-refractivity contribution < 1.29 is 4.79 Å². The number of halogens is 1. The van der Waals surface area contributed by atoms with E-state index in [2.05, 4.69) is 22.8 Å². The first kappa shape index (κ1) is 15.9. The van der Waals surface area contributed by atoms with Crippen molar-refractivity contribution >= 4 is 35.0 Å². The van der Waals surface area contributed by atoms with Crippen molar-refractivity contribution in [1.82, 2.24) is 5.32 Å². The molecule has 5 heteroatoms. The lowest BCUT2D eigenvalue weighted by Gasteiger charge is -2.07. The van der Waals surface area contributed by atoms with E-state index in [9.17, 15) is 4.79 Å². The second-order valence-corrected chi connectivity index (χ2v) is 5.95. The molecule has 0 fully saturated rings. The number of hydrogen-bond acceptors (Lipinski definition) is 3. The van der Waals surface area contributed by atoms with E-state index in [-0.39, 0.29) is 5.91 Å². The van der Waals surface area contributed by atoms with E-state index in [4.69, 9.17) is 11.6 Å². The number of nitrogens with one attached hydrogen (secondary N) is 2. The highest BCUT2D eigenvalue weighted by molar-refractivity contribution is 8.00. The third-order valence-electron chi connectivity index (χ3n) is 2.82. The van der Waals surface area contributed by atoms with Crippen LogP contribution in [0.3, 0.4) is 0 Å². The summed E-state index contributed by atoms with van der Waals surface area (Å²) in [5, 5.41) is 6.46. The first-order valence-corrected chi connectivity index (χ1v) is 7.96. The molecule has 2 N–H and O–H groups in total. The fraction of sp³-hybridized carbons (Fsp3) is 0.188. The second kappa shape index (κ2) is 8.08. The molecule has 110 valence electrons. The Kier molecular flexibility index (Phi) is 6.11. The molecule has 0 bridgehead atoms.